The molecule has 0 aromatic rings. The number of hydrogen-bond acceptors (Lipinski definition) is 3. The van der Waals surface area contributed by atoms with E-state index in [1.165, 1.54) is 7.11 Å². The lowest BCUT2D eigenvalue weighted by Gasteiger charge is -2.50. The normalized spacial score (nSPS) is 23.2. The molecule has 3 heteroatoms. The Labute approximate surface area is 105 Å². The minimum Gasteiger partial charge on any atom is -0.469 e. The van der Waals surface area contributed by atoms with Crippen molar-refractivity contribution >= 4 is 5.97 Å². The summed E-state index contributed by atoms with van der Waals surface area (Å²) in [5.74, 6) is -0.136. The zero-order chi connectivity index (χ0) is 13.3. The van der Waals surface area contributed by atoms with Crippen molar-refractivity contribution in [2.24, 2.45) is 16.6 Å². The molecule has 0 atom stereocenters. The summed E-state index contributed by atoms with van der Waals surface area (Å²) < 4.78 is 4.83. The molecule has 0 bridgehead atoms. The Balaban J connectivity index is 2.87. The van der Waals surface area contributed by atoms with Gasteiger partial charge in [0.05, 0.1) is 13.5 Å². The largest absolute Gasteiger partial charge is 0.469 e. The van der Waals surface area contributed by atoms with Crippen molar-refractivity contribution in [3.63, 3.8) is 0 Å². The summed E-state index contributed by atoms with van der Waals surface area (Å²) in [5, 5.41) is 0. The molecule has 100 valence electrons. The highest BCUT2D eigenvalue weighted by Gasteiger charge is 2.47. The van der Waals surface area contributed by atoms with Crippen molar-refractivity contribution in [1.82, 2.24) is 0 Å². The van der Waals surface area contributed by atoms with Gasteiger partial charge in [-0.25, -0.2) is 0 Å². The van der Waals surface area contributed by atoms with Crippen LogP contribution >= 0.6 is 0 Å². The van der Waals surface area contributed by atoms with Gasteiger partial charge < -0.3 is 10.5 Å². The lowest BCUT2D eigenvalue weighted by molar-refractivity contribution is -0.146. The lowest BCUT2D eigenvalue weighted by atomic mass is 9.57. The van der Waals surface area contributed by atoms with Gasteiger partial charge in [-0.3, -0.25) is 4.79 Å². The Morgan fingerprint density at radius 1 is 1.24 bits per heavy atom. The highest BCUT2D eigenvalue weighted by Crippen LogP contribution is 2.51. The van der Waals surface area contributed by atoms with Crippen molar-refractivity contribution in [3.8, 4) is 0 Å². The van der Waals surface area contributed by atoms with Crippen LogP contribution in [0, 0.1) is 10.8 Å². The first-order valence-electron chi connectivity index (χ1n) is 6.48. The third-order valence-electron chi connectivity index (χ3n) is 4.64. The van der Waals surface area contributed by atoms with Gasteiger partial charge >= 0.3 is 5.97 Å². The van der Waals surface area contributed by atoms with Crippen LogP contribution in [0.15, 0.2) is 0 Å². The smallest absolute Gasteiger partial charge is 0.306 e. The molecule has 0 aromatic heterocycles. The van der Waals surface area contributed by atoms with Gasteiger partial charge in [0.15, 0.2) is 0 Å². The highest BCUT2D eigenvalue weighted by molar-refractivity contribution is 5.70. The molecule has 0 aromatic carbocycles. The molecular weight excluding hydrogens is 214 g/mol. The molecule has 1 aliphatic rings. The number of methoxy groups -OCH3 is 1. The van der Waals surface area contributed by atoms with Crippen molar-refractivity contribution in [2.75, 3.05) is 7.11 Å². The maximum absolute atomic E-state index is 11.6. The molecule has 3 nitrogen and oxygen atoms in total. The Bertz CT molecular complexity index is 279. The number of carbonyl (C=O) groups is 1. The molecule has 0 unspecified atom stereocenters. The first kappa shape index (κ1) is 14.5. The lowest BCUT2D eigenvalue weighted by Crippen LogP contribution is -2.54. The van der Waals surface area contributed by atoms with Crippen LogP contribution in [-0.4, -0.2) is 18.6 Å². The standard InChI is InChI=1S/C14H27NO2/c1-12(2)6-8-14(9-7-12,13(3,4)15)10-11(16)17-5/h6-10,15H2,1-5H3. The molecule has 1 saturated carbocycles. The summed E-state index contributed by atoms with van der Waals surface area (Å²) in [6, 6.07) is 0. The van der Waals surface area contributed by atoms with Crippen LogP contribution in [0.2, 0.25) is 0 Å². The van der Waals surface area contributed by atoms with Gasteiger partial charge in [-0.2, -0.15) is 0 Å². The second-order valence-corrected chi connectivity index (χ2v) is 6.92. The number of carbonyl (C=O) groups excluding carboxylic acids is 1. The van der Waals surface area contributed by atoms with E-state index in [1.807, 2.05) is 13.8 Å². The summed E-state index contributed by atoms with van der Waals surface area (Å²) in [4.78, 5) is 11.6. The number of rotatable bonds is 3. The minimum absolute atomic E-state index is 0.102. The van der Waals surface area contributed by atoms with Gasteiger partial charge in [-0.05, 0) is 50.4 Å². The van der Waals surface area contributed by atoms with E-state index in [0.29, 0.717) is 11.8 Å². The molecule has 0 spiro atoms. The molecule has 0 radical (unpaired) electrons. The van der Waals surface area contributed by atoms with Gasteiger partial charge in [-0.1, -0.05) is 13.8 Å². The van der Waals surface area contributed by atoms with E-state index in [2.05, 4.69) is 13.8 Å². The van der Waals surface area contributed by atoms with E-state index in [9.17, 15) is 4.79 Å². The third kappa shape index (κ3) is 3.21. The SMILES string of the molecule is COC(=O)CC1(C(C)(C)N)CCC(C)(C)CC1. The predicted molar refractivity (Wildman–Crippen MR) is 69.6 cm³/mol. The van der Waals surface area contributed by atoms with E-state index in [-0.39, 0.29) is 16.9 Å². The van der Waals surface area contributed by atoms with Crippen molar-refractivity contribution < 1.29 is 9.53 Å². The van der Waals surface area contributed by atoms with Crippen LogP contribution in [0.25, 0.3) is 0 Å². The molecule has 1 rings (SSSR count). The van der Waals surface area contributed by atoms with E-state index in [0.717, 1.165) is 25.7 Å². The maximum Gasteiger partial charge on any atom is 0.306 e. The molecule has 17 heavy (non-hydrogen) atoms. The maximum atomic E-state index is 11.6. The first-order chi connectivity index (χ1) is 7.62. The van der Waals surface area contributed by atoms with Gasteiger partial charge in [-0.15, -0.1) is 0 Å². The summed E-state index contributed by atoms with van der Waals surface area (Å²) in [7, 11) is 1.45. The topological polar surface area (TPSA) is 52.3 Å². The molecule has 0 heterocycles. The van der Waals surface area contributed by atoms with Crippen LogP contribution in [0.4, 0.5) is 0 Å². The zero-order valence-electron chi connectivity index (χ0n) is 11.9. The van der Waals surface area contributed by atoms with Gasteiger partial charge in [0.25, 0.3) is 0 Å². The van der Waals surface area contributed by atoms with E-state index < -0.39 is 0 Å². The molecular formula is C14H27NO2. The minimum atomic E-state index is -0.336. The highest BCUT2D eigenvalue weighted by atomic mass is 16.5. The van der Waals surface area contributed by atoms with Crippen LogP contribution in [0.5, 0.6) is 0 Å². The molecule has 1 fully saturated rings. The number of ether oxygens (including phenoxy) is 1. The monoisotopic (exact) mass is 241 g/mol. The van der Waals surface area contributed by atoms with Gasteiger partial charge in [0.1, 0.15) is 0 Å². The quantitative estimate of drug-likeness (QED) is 0.773. The Morgan fingerprint density at radius 2 is 1.71 bits per heavy atom. The molecule has 0 amide bonds. The second kappa shape index (κ2) is 4.60. The van der Waals surface area contributed by atoms with Crippen molar-refractivity contribution in [1.29, 1.82) is 0 Å². The van der Waals surface area contributed by atoms with Crippen LogP contribution in [-0.2, 0) is 9.53 Å². The Hall–Kier alpha value is -0.570. The zero-order valence-corrected chi connectivity index (χ0v) is 11.9. The molecule has 1 aliphatic carbocycles. The molecule has 0 aliphatic heterocycles. The number of hydrogen-bond donors (Lipinski definition) is 1. The fourth-order valence-corrected chi connectivity index (χ4v) is 2.80. The summed E-state index contributed by atoms with van der Waals surface area (Å²) in [6.07, 6.45) is 4.73. The average molecular weight is 241 g/mol. The third-order valence-corrected chi connectivity index (χ3v) is 4.64. The second-order valence-electron chi connectivity index (χ2n) is 6.92. The van der Waals surface area contributed by atoms with Crippen LogP contribution in [0.1, 0.15) is 59.8 Å². The Kier molecular flexibility index (Phi) is 3.92. The summed E-state index contributed by atoms with van der Waals surface area (Å²) in [6.45, 7) is 8.65. The number of esters is 1. The molecule has 0 saturated heterocycles. The fraction of sp³-hybridized carbons (Fsp3) is 0.929. The number of nitrogens with two attached hydrogens (primary N) is 1. The predicted octanol–water partition coefficient (Wildman–Crippen LogP) is 2.87. The van der Waals surface area contributed by atoms with Crippen LogP contribution in [0.3, 0.4) is 0 Å². The van der Waals surface area contributed by atoms with E-state index >= 15 is 0 Å². The van der Waals surface area contributed by atoms with Gasteiger partial charge in [0.2, 0.25) is 0 Å². The van der Waals surface area contributed by atoms with Gasteiger partial charge in [0, 0.05) is 5.54 Å². The molecule has 2 N–H and O–H groups in total. The summed E-state index contributed by atoms with van der Waals surface area (Å²) >= 11 is 0. The summed E-state index contributed by atoms with van der Waals surface area (Å²) in [5.41, 5.74) is 6.27. The van der Waals surface area contributed by atoms with Crippen molar-refractivity contribution in [2.45, 2.75) is 65.3 Å². The average Bonchev–Trinajstić information content (AvgIpc) is 2.19. The van der Waals surface area contributed by atoms with Crippen molar-refractivity contribution in [3.05, 3.63) is 0 Å². The van der Waals surface area contributed by atoms with E-state index in [4.69, 9.17) is 10.5 Å². The first-order valence-corrected chi connectivity index (χ1v) is 6.48. The Morgan fingerprint density at radius 3 is 2.06 bits per heavy atom. The van der Waals surface area contributed by atoms with E-state index in [1.54, 1.807) is 0 Å². The van der Waals surface area contributed by atoms with Crippen LogP contribution < -0.4 is 5.73 Å². The fourth-order valence-electron chi connectivity index (χ4n) is 2.80.